The lowest BCUT2D eigenvalue weighted by Gasteiger charge is -2.36. The lowest BCUT2D eigenvalue weighted by Crippen LogP contribution is -2.60. The van der Waals surface area contributed by atoms with E-state index in [0.29, 0.717) is 32.1 Å². The highest BCUT2D eigenvalue weighted by Crippen LogP contribution is 2.57. The lowest BCUT2D eigenvalue weighted by molar-refractivity contribution is -0.143. The van der Waals surface area contributed by atoms with Gasteiger partial charge in [-0.3, -0.25) is 19.1 Å². The molecule has 5 bridgehead atoms. The summed E-state index contributed by atoms with van der Waals surface area (Å²) in [6.45, 7) is 5.61. The Bertz CT molecular complexity index is 1900. The van der Waals surface area contributed by atoms with Crippen LogP contribution >= 0.6 is 0 Å². The first kappa shape index (κ1) is 36.4. The summed E-state index contributed by atoms with van der Waals surface area (Å²) in [6, 6.07) is 7.81. The molecule has 7 rings (SSSR count). The Labute approximate surface area is 304 Å². The van der Waals surface area contributed by atoms with E-state index in [1.807, 2.05) is 45.0 Å². The van der Waals surface area contributed by atoms with Gasteiger partial charge in [-0.05, 0) is 109 Å². The number of nitrogens with zero attached hydrogens (tertiary/aromatic N) is 1. The van der Waals surface area contributed by atoms with Gasteiger partial charge in [0, 0.05) is 13.5 Å². The maximum Gasteiger partial charge on any atom is 0.407 e. The van der Waals surface area contributed by atoms with Crippen LogP contribution < -0.4 is 20.1 Å². The number of hydrogen-bond acceptors (Lipinski definition) is 9. The number of ether oxygens (including phenoxy) is 3. The Morgan fingerprint density at radius 2 is 1.75 bits per heavy atom. The van der Waals surface area contributed by atoms with Crippen molar-refractivity contribution in [1.29, 1.82) is 0 Å². The van der Waals surface area contributed by atoms with Gasteiger partial charge >= 0.3 is 6.09 Å². The van der Waals surface area contributed by atoms with Gasteiger partial charge in [-0.2, -0.15) is 0 Å². The van der Waals surface area contributed by atoms with Crippen LogP contribution in [0.15, 0.2) is 30.3 Å². The maximum atomic E-state index is 14.7. The summed E-state index contributed by atoms with van der Waals surface area (Å²) < 4.78 is 45.5. The van der Waals surface area contributed by atoms with Crippen molar-refractivity contribution in [3.63, 3.8) is 0 Å². The molecule has 0 aromatic heterocycles. The number of alkyl carbamates (subject to hydrolysis) is 1. The number of hydrogen-bond donors (Lipinski definition) is 3. The number of aryl methyl sites for hydroxylation is 1. The van der Waals surface area contributed by atoms with E-state index in [9.17, 15) is 27.6 Å². The van der Waals surface area contributed by atoms with E-state index in [4.69, 9.17) is 14.2 Å². The summed E-state index contributed by atoms with van der Waals surface area (Å²) in [5.41, 5.74) is -1.54. The number of nitrogens with one attached hydrogen (secondary N) is 3. The van der Waals surface area contributed by atoms with Crippen LogP contribution in [0.5, 0.6) is 5.75 Å². The van der Waals surface area contributed by atoms with Crippen molar-refractivity contribution in [1.82, 2.24) is 20.3 Å². The zero-order valence-electron chi connectivity index (χ0n) is 30.6. The molecule has 1 saturated heterocycles. The van der Waals surface area contributed by atoms with Crippen LogP contribution in [-0.2, 0) is 45.9 Å². The number of carbonyl (C=O) groups excluding carboxylic acids is 4. The van der Waals surface area contributed by atoms with Crippen LogP contribution in [0.2, 0.25) is 0 Å². The van der Waals surface area contributed by atoms with Gasteiger partial charge in [0.15, 0.2) is 0 Å². The fourth-order valence-electron chi connectivity index (χ4n) is 8.16. The quantitative estimate of drug-likeness (QED) is 0.366. The number of sulfonamides is 1. The zero-order chi connectivity index (χ0) is 37.2. The van der Waals surface area contributed by atoms with Crippen LogP contribution in [0, 0.1) is 17.3 Å². The van der Waals surface area contributed by atoms with E-state index < -0.39 is 67.7 Å². The second kappa shape index (κ2) is 13.2. The molecule has 282 valence electrons. The minimum atomic E-state index is -3.86. The van der Waals surface area contributed by atoms with E-state index >= 15 is 0 Å². The molecule has 0 spiro atoms. The van der Waals surface area contributed by atoms with Crippen molar-refractivity contribution in [2.24, 2.45) is 17.3 Å². The molecule has 2 heterocycles. The van der Waals surface area contributed by atoms with Crippen LogP contribution in [-0.4, -0.2) is 87.4 Å². The van der Waals surface area contributed by atoms with Gasteiger partial charge in [-0.25, -0.2) is 13.2 Å². The van der Waals surface area contributed by atoms with Crippen molar-refractivity contribution >= 4 is 44.6 Å². The van der Waals surface area contributed by atoms with E-state index in [1.54, 1.807) is 14.2 Å². The number of rotatable bonds is 8. The van der Waals surface area contributed by atoms with Crippen molar-refractivity contribution in [2.45, 2.75) is 107 Å². The molecular formula is C38H50N4O9S. The van der Waals surface area contributed by atoms with E-state index in [-0.39, 0.29) is 31.4 Å². The van der Waals surface area contributed by atoms with Crippen molar-refractivity contribution in [3.8, 4) is 5.75 Å². The summed E-state index contributed by atoms with van der Waals surface area (Å²) >= 11 is 0. The highest BCUT2D eigenvalue weighted by molar-refractivity contribution is 7.91. The summed E-state index contributed by atoms with van der Waals surface area (Å²) in [4.78, 5) is 57.6. The number of cyclic esters (lactones) is 1. The minimum absolute atomic E-state index is 0.0143. The SMILES string of the molecule is COc1cc2ccc3cc2cc1CCCCOC(=O)N[C@@H](C(C)(C)C)C(=O)N1C[C@@]3(OC)C[C@H]1C(=O)N[C@]1(C(=O)NS(=O)(=O)C2CC2)C[C@@H]1C1CC1. The Balaban J connectivity index is 1.28. The molecule has 2 aliphatic heterocycles. The van der Waals surface area contributed by atoms with Gasteiger partial charge in [0.05, 0.1) is 25.5 Å². The van der Waals surface area contributed by atoms with E-state index in [1.165, 1.54) is 4.90 Å². The first-order valence-electron chi connectivity index (χ1n) is 18.4. The number of carbonyl (C=O) groups is 4. The zero-order valence-corrected chi connectivity index (χ0v) is 31.4. The Hall–Kier alpha value is -3.91. The molecule has 5 aliphatic rings. The van der Waals surface area contributed by atoms with Crippen LogP contribution in [0.25, 0.3) is 10.8 Å². The van der Waals surface area contributed by atoms with Crippen molar-refractivity contribution < 1.29 is 41.8 Å². The Morgan fingerprint density at radius 3 is 2.40 bits per heavy atom. The molecule has 14 heteroatoms. The predicted octanol–water partition coefficient (Wildman–Crippen LogP) is 3.66. The first-order chi connectivity index (χ1) is 24.6. The van der Waals surface area contributed by atoms with Gasteiger partial charge in [0.2, 0.25) is 21.8 Å². The van der Waals surface area contributed by atoms with Gasteiger partial charge in [0.25, 0.3) is 5.91 Å². The second-order valence-corrected chi connectivity index (χ2v) is 18.4. The Kier molecular flexibility index (Phi) is 9.24. The molecule has 2 aromatic carbocycles. The molecule has 0 unspecified atom stereocenters. The third kappa shape index (κ3) is 6.83. The third-order valence-corrected chi connectivity index (χ3v) is 13.5. The summed E-state index contributed by atoms with van der Waals surface area (Å²) in [7, 11) is -0.673. The standard InChI is InChI=1S/C38H50N4O9S/c1-36(2,3)31-33(44)42-21-37(50-5,26-12-11-23-18-30(49-4)24(16-25(23)17-26)8-6-7-15-51-35(46)39-31)20-29(42)32(43)40-38(19-28(38)22-9-10-22)34(45)41-52(47,48)27-13-14-27/h11-12,16-18,22,27-29,31H,6-10,13-15,19-21H2,1-5H3,(H,39,46)(H,40,43)(H,41,45)/t28-,29+,31-,37+,38-/m1/s1. The number of methoxy groups -OCH3 is 2. The molecule has 52 heavy (non-hydrogen) atoms. The monoisotopic (exact) mass is 738 g/mol. The van der Waals surface area contributed by atoms with Gasteiger partial charge in [-0.1, -0.05) is 32.9 Å². The average Bonchev–Trinajstić information content (AvgIpc) is 3.96. The molecule has 0 radical (unpaired) electrons. The minimum Gasteiger partial charge on any atom is -0.496 e. The molecule has 2 aromatic rings. The number of amides is 4. The van der Waals surface area contributed by atoms with Crippen LogP contribution in [0.3, 0.4) is 0 Å². The highest BCUT2D eigenvalue weighted by atomic mass is 32.2. The number of fused-ring (bicyclic) bond motifs is 5. The molecular weight excluding hydrogens is 689 g/mol. The molecule has 3 aliphatic carbocycles. The average molecular weight is 739 g/mol. The molecule has 4 fully saturated rings. The van der Waals surface area contributed by atoms with Crippen LogP contribution in [0.4, 0.5) is 4.79 Å². The number of benzene rings is 2. The molecule has 3 saturated carbocycles. The van der Waals surface area contributed by atoms with E-state index in [2.05, 4.69) is 21.4 Å². The lowest BCUT2D eigenvalue weighted by atomic mass is 9.85. The molecule has 13 nitrogen and oxygen atoms in total. The molecule has 3 N–H and O–H groups in total. The Morgan fingerprint density at radius 1 is 1.00 bits per heavy atom. The van der Waals surface area contributed by atoms with Gasteiger partial charge in [-0.15, -0.1) is 0 Å². The van der Waals surface area contributed by atoms with Gasteiger partial charge < -0.3 is 29.7 Å². The molecule has 4 amide bonds. The van der Waals surface area contributed by atoms with Crippen molar-refractivity contribution in [3.05, 3.63) is 41.5 Å². The fourth-order valence-corrected chi connectivity index (χ4v) is 9.53. The fraction of sp³-hybridized carbons (Fsp3) is 0.632. The van der Waals surface area contributed by atoms with Gasteiger partial charge in [0.1, 0.15) is 29.0 Å². The highest BCUT2D eigenvalue weighted by Gasteiger charge is 2.67. The summed E-state index contributed by atoms with van der Waals surface area (Å²) in [5, 5.41) is 7.05. The van der Waals surface area contributed by atoms with Crippen molar-refractivity contribution in [2.75, 3.05) is 27.4 Å². The normalized spacial score (nSPS) is 29.7. The molecule has 5 atom stereocenters. The predicted molar refractivity (Wildman–Crippen MR) is 192 cm³/mol. The summed E-state index contributed by atoms with van der Waals surface area (Å²) in [5.74, 6) is -1.03. The first-order valence-corrected chi connectivity index (χ1v) is 19.9. The van der Waals surface area contributed by atoms with Crippen LogP contribution in [0.1, 0.15) is 83.3 Å². The topological polar surface area (TPSA) is 169 Å². The maximum absolute atomic E-state index is 14.7. The smallest absolute Gasteiger partial charge is 0.407 e. The summed E-state index contributed by atoms with van der Waals surface area (Å²) in [6.07, 6.45) is 4.47. The third-order valence-electron chi connectivity index (χ3n) is 11.7. The van der Waals surface area contributed by atoms with E-state index in [0.717, 1.165) is 46.9 Å². The largest absolute Gasteiger partial charge is 0.496 e. The second-order valence-electron chi connectivity index (χ2n) is 16.4.